The van der Waals surface area contributed by atoms with Crippen LogP contribution >= 0.6 is 23.2 Å². The Morgan fingerprint density at radius 3 is 2.83 bits per heavy atom. The Bertz CT molecular complexity index is 795. The molecular weight excluding hydrogens is 351 g/mol. The first-order valence-electron chi connectivity index (χ1n) is 7.29. The molecule has 1 aliphatic heterocycles. The van der Waals surface area contributed by atoms with Crippen molar-refractivity contribution in [2.45, 2.75) is 12.5 Å². The Morgan fingerprint density at radius 2 is 2.04 bits per heavy atom. The summed E-state index contributed by atoms with van der Waals surface area (Å²) in [6.45, 7) is -0.207. The number of amides is 2. The highest BCUT2D eigenvalue weighted by atomic mass is 35.5. The van der Waals surface area contributed by atoms with Crippen LogP contribution in [0.1, 0.15) is 18.0 Å². The standard InChI is InChI=1S/C17H14Cl2N2O3/c18-10-5-6-15(12(19)7-10)24-9-17(23)21-14-8-16(22)20-13-4-2-1-3-11(13)14/h1-7,14H,8-9H2,(H,20,22)(H,21,23)/t14-/m0/s1. The van der Waals surface area contributed by atoms with Gasteiger partial charge in [-0.3, -0.25) is 9.59 Å². The first-order chi connectivity index (χ1) is 11.5. The van der Waals surface area contributed by atoms with Gasteiger partial charge in [-0.25, -0.2) is 0 Å². The monoisotopic (exact) mass is 364 g/mol. The van der Waals surface area contributed by atoms with Crippen molar-refractivity contribution in [2.75, 3.05) is 11.9 Å². The number of carbonyl (C=O) groups is 2. The molecule has 1 atom stereocenters. The lowest BCUT2D eigenvalue weighted by Gasteiger charge is -2.26. The van der Waals surface area contributed by atoms with E-state index in [4.69, 9.17) is 27.9 Å². The van der Waals surface area contributed by atoms with Gasteiger partial charge in [0.05, 0.1) is 17.5 Å². The Labute approximate surface area is 148 Å². The van der Waals surface area contributed by atoms with Crippen molar-refractivity contribution in [1.82, 2.24) is 5.32 Å². The second-order valence-corrected chi connectivity index (χ2v) is 6.17. The minimum Gasteiger partial charge on any atom is -0.482 e. The quantitative estimate of drug-likeness (QED) is 0.871. The van der Waals surface area contributed by atoms with Crippen LogP contribution in [0, 0.1) is 0 Å². The van der Waals surface area contributed by atoms with Gasteiger partial charge in [-0.1, -0.05) is 41.4 Å². The Balaban J connectivity index is 1.64. The zero-order chi connectivity index (χ0) is 17.1. The molecule has 2 N–H and O–H groups in total. The van der Waals surface area contributed by atoms with E-state index in [2.05, 4.69) is 10.6 Å². The normalized spacial score (nSPS) is 16.1. The van der Waals surface area contributed by atoms with Crippen LogP contribution in [-0.4, -0.2) is 18.4 Å². The molecule has 0 unspecified atom stereocenters. The second-order valence-electron chi connectivity index (χ2n) is 5.32. The number of rotatable bonds is 4. The molecule has 0 saturated carbocycles. The number of halogens is 2. The summed E-state index contributed by atoms with van der Waals surface area (Å²) in [5.41, 5.74) is 1.58. The molecule has 0 spiro atoms. The van der Waals surface area contributed by atoms with Crippen molar-refractivity contribution in [2.24, 2.45) is 0 Å². The van der Waals surface area contributed by atoms with Gasteiger partial charge in [0, 0.05) is 10.7 Å². The fourth-order valence-electron chi connectivity index (χ4n) is 2.51. The molecule has 2 aromatic rings. The number of fused-ring (bicyclic) bond motifs is 1. The van der Waals surface area contributed by atoms with Gasteiger partial charge in [-0.05, 0) is 29.8 Å². The van der Waals surface area contributed by atoms with Crippen LogP contribution in [0.3, 0.4) is 0 Å². The largest absolute Gasteiger partial charge is 0.482 e. The zero-order valence-electron chi connectivity index (χ0n) is 12.5. The van der Waals surface area contributed by atoms with Crippen LogP contribution in [0.2, 0.25) is 10.0 Å². The Morgan fingerprint density at radius 1 is 1.25 bits per heavy atom. The molecule has 0 bridgehead atoms. The average Bonchev–Trinajstić information content (AvgIpc) is 2.54. The summed E-state index contributed by atoms with van der Waals surface area (Å²) in [6.07, 6.45) is 0.185. The molecule has 1 aliphatic rings. The molecule has 0 fully saturated rings. The van der Waals surface area contributed by atoms with Crippen molar-refractivity contribution in [3.63, 3.8) is 0 Å². The average molecular weight is 365 g/mol. The lowest BCUT2D eigenvalue weighted by atomic mass is 9.97. The number of benzene rings is 2. The Hall–Kier alpha value is -2.24. The molecule has 5 nitrogen and oxygen atoms in total. The predicted molar refractivity (Wildman–Crippen MR) is 92.5 cm³/mol. The molecule has 0 aliphatic carbocycles. The molecule has 2 amide bonds. The van der Waals surface area contributed by atoms with Gasteiger partial charge >= 0.3 is 0 Å². The lowest BCUT2D eigenvalue weighted by molar-refractivity contribution is -0.124. The predicted octanol–water partition coefficient (Wildman–Crippen LogP) is 3.57. The molecule has 3 rings (SSSR count). The van der Waals surface area contributed by atoms with Gasteiger partial charge in [0.1, 0.15) is 5.75 Å². The number of carbonyl (C=O) groups excluding carboxylic acids is 2. The van der Waals surface area contributed by atoms with Crippen LogP contribution in [0.5, 0.6) is 5.75 Å². The van der Waals surface area contributed by atoms with Crippen molar-refractivity contribution in [3.05, 3.63) is 58.1 Å². The van der Waals surface area contributed by atoms with Crippen LogP contribution in [0.15, 0.2) is 42.5 Å². The number of hydrogen-bond acceptors (Lipinski definition) is 3. The number of para-hydroxylation sites is 1. The van der Waals surface area contributed by atoms with E-state index in [-0.39, 0.29) is 30.9 Å². The number of hydrogen-bond donors (Lipinski definition) is 2. The molecule has 124 valence electrons. The maximum Gasteiger partial charge on any atom is 0.258 e. The van der Waals surface area contributed by atoms with Gasteiger partial charge in [0.15, 0.2) is 6.61 Å². The lowest BCUT2D eigenvalue weighted by Crippen LogP contribution is -2.37. The number of anilines is 1. The summed E-state index contributed by atoms with van der Waals surface area (Å²) in [6, 6.07) is 11.7. The van der Waals surface area contributed by atoms with Gasteiger partial charge in [0.25, 0.3) is 5.91 Å². The molecule has 7 heteroatoms. The topological polar surface area (TPSA) is 67.4 Å². The van der Waals surface area contributed by atoms with Gasteiger partial charge < -0.3 is 15.4 Å². The fourth-order valence-corrected chi connectivity index (χ4v) is 2.97. The summed E-state index contributed by atoms with van der Waals surface area (Å²) in [5.74, 6) is -0.103. The molecular formula is C17H14Cl2N2O3. The molecule has 0 radical (unpaired) electrons. The third kappa shape index (κ3) is 3.80. The first kappa shape index (κ1) is 16.6. The fraction of sp³-hybridized carbons (Fsp3) is 0.176. The van der Waals surface area contributed by atoms with E-state index >= 15 is 0 Å². The SMILES string of the molecule is O=C1C[C@H](NC(=O)COc2ccc(Cl)cc2Cl)c2ccccc2N1. The summed E-state index contributed by atoms with van der Waals surface area (Å²) < 4.78 is 5.41. The minimum atomic E-state index is -0.383. The second kappa shape index (κ2) is 7.11. The summed E-state index contributed by atoms with van der Waals surface area (Å²) in [5, 5.41) is 6.41. The minimum absolute atomic E-state index is 0.138. The zero-order valence-corrected chi connectivity index (χ0v) is 14.0. The van der Waals surface area contributed by atoms with Crippen molar-refractivity contribution in [1.29, 1.82) is 0 Å². The van der Waals surface area contributed by atoms with Gasteiger partial charge in [0.2, 0.25) is 5.91 Å². The van der Waals surface area contributed by atoms with Crippen LogP contribution in [0.4, 0.5) is 5.69 Å². The molecule has 24 heavy (non-hydrogen) atoms. The molecule has 2 aromatic carbocycles. The van der Waals surface area contributed by atoms with E-state index in [0.29, 0.717) is 21.5 Å². The van der Waals surface area contributed by atoms with Crippen molar-refractivity contribution < 1.29 is 14.3 Å². The first-order valence-corrected chi connectivity index (χ1v) is 8.04. The van der Waals surface area contributed by atoms with Crippen molar-refractivity contribution in [3.8, 4) is 5.75 Å². The highest BCUT2D eigenvalue weighted by Crippen LogP contribution is 2.30. The van der Waals surface area contributed by atoms with E-state index in [1.54, 1.807) is 18.2 Å². The van der Waals surface area contributed by atoms with E-state index in [1.807, 2.05) is 18.2 Å². The van der Waals surface area contributed by atoms with Gasteiger partial charge in [-0.15, -0.1) is 0 Å². The third-order valence-electron chi connectivity index (χ3n) is 3.59. The summed E-state index contributed by atoms with van der Waals surface area (Å²) in [7, 11) is 0. The smallest absolute Gasteiger partial charge is 0.258 e. The van der Waals surface area contributed by atoms with Crippen LogP contribution in [0.25, 0.3) is 0 Å². The van der Waals surface area contributed by atoms with Crippen molar-refractivity contribution >= 4 is 40.7 Å². The highest BCUT2D eigenvalue weighted by Gasteiger charge is 2.26. The number of ether oxygens (including phenoxy) is 1. The third-order valence-corrected chi connectivity index (χ3v) is 4.12. The van der Waals surface area contributed by atoms with Gasteiger partial charge in [-0.2, -0.15) is 0 Å². The summed E-state index contributed by atoms with van der Waals surface area (Å²) >= 11 is 11.8. The highest BCUT2D eigenvalue weighted by molar-refractivity contribution is 6.35. The van der Waals surface area contributed by atoms with E-state index in [9.17, 15) is 9.59 Å². The number of nitrogens with one attached hydrogen (secondary N) is 2. The van der Waals surface area contributed by atoms with E-state index in [0.717, 1.165) is 5.56 Å². The molecule has 1 heterocycles. The Kier molecular flexibility index (Phi) is 4.92. The maximum absolute atomic E-state index is 12.1. The van der Waals surface area contributed by atoms with Crippen LogP contribution in [-0.2, 0) is 9.59 Å². The maximum atomic E-state index is 12.1. The molecule has 0 aromatic heterocycles. The van der Waals surface area contributed by atoms with E-state index in [1.165, 1.54) is 6.07 Å². The summed E-state index contributed by atoms with van der Waals surface area (Å²) in [4.78, 5) is 23.9. The van der Waals surface area contributed by atoms with Crippen LogP contribution < -0.4 is 15.4 Å². The molecule has 0 saturated heterocycles. The van der Waals surface area contributed by atoms with E-state index < -0.39 is 0 Å².